The average Bonchev–Trinajstić information content (AvgIpc) is 2.54. The Kier molecular flexibility index (Phi) is 5.77. The van der Waals surface area contributed by atoms with Gasteiger partial charge >= 0.3 is 6.18 Å². The SMILES string of the molecule is CC(C)CC(C)c1ccccc1NC(=O)c1nccnc1C(F)(F)F. The van der Waals surface area contributed by atoms with E-state index in [0.29, 0.717) is 11.6 Å². The van der Waals surface area contributed by atoms with Crippen LogP contribution in [0.5, 0.6) is 0 Å². The fraction of sp³-hybridized carbons (Fsp3) is 0.389. The molecule has 0 aliphatic carbocycles. The predicted molar refractivity (Wildman–Crippen MR) is 89.3 cm³/mol. The summed E-state index contributed by atoms with van der Waals surface area (Å²) in [6.07, 6.45) is -1.87. The molecule has 0 bridgehead atoms. The summed E-state index contributed by atoms with van der Waals surface area (Å²) >= 11 is 0. The van der Waals surface area contributed by atoms with E-state index in [9.17, 15) is 18.0 Å². The molecule has 1 aromatic carbocycles. The maximum Gasteiger partial charge on any atom is 0.435 e. The van der Waals surface area contributed by atoms with E-state index in [1.54, 1.807) is 12.1 Å². The Morgan fingerprint density at radius 3 is 2.40 bits per heavy atom. The Hall–Kier alpha value is -2.44. The number of carbonyl (C=O) groups excluding carboxylic acids is 1. The minimum absolute atomic E-state index is 0.153. The number of anilines is 1. The first-order valence-corrected chi connectivity index (χ1v) is 7.98. The predicted octanol–water partition coefficient (Wildman–Crippen LogP) is 4.90. The zero-order valence-corrected chi connectivity index (χ0v) is 14.3. The van der Waals surface area contributed by atoms with Gasteiger partial charge in [-0.3, -0.25) is 4.79 Å². The number of hydrogen-bond acceptors (Lipinski definition) is 3. The third-order valence-corrected chi connectivity index (χ3v) is 3.75. The van der Waals surface area contributed by atoms with Gasteiger partial charge in [0.25, 0.3) is 5.91 Å². The number of carbonyl (C=O) groups is 1. The van der Waals surface area contributed by atoms with E-state index >= 15 is 0 Å². The van der Waals surface area contributed by atoms with Crippen molar-refractivity contribution in [2.24, 2.45) is 5.92 Å². The highest BCUT2D eigenvalue weighted by Gasteiger charge is 2.38. The van der Waals surface area contributed by atoms with Crippen molar-refractivity contribution in [3.05, 3.63) is 53.6 Å². The number of amides is 1. The van der Waals surface area contributed by atoms with E-state index in [4.69, 9.17) is 0 Å². The van der Waals surface area contributed by atoms with Gasteiger partial charge in [0.15, 0.2) is 11.4 Å². The van der Waals surface area contributed by atoms with Gasteiger partial charge in [0.05, 0.1) is 0 Å². The number of alkyl halides is 3. The van der Waals surface area contributed by atoms with Gasteiger partial charge in [-0.15, -0.1) is 0 Å². The molecular weight excluding hydrogens is 331 g/mol. The number of rotatable bonds is 5. The zero-order valence-electron chi connectivity index (χ0n) is 14.3. The van der Waals surface area contributed by atoms with Crippen molar-refractivity contribution >= 4 is 11.6 Å². The zero-order chi connectivity index (χ0) is 18.6. The molecule has 2 aromatic rings. The second kappa shape index (κ2) is 7.63. The third-order valence-electron chi connectivity index (χ3n) is 3.75. The largest absolute Gasteiger partial charge is 0.435 e. The molecule has 1 heterocycles. The van der Waals surface area contributed by atoms with Crippen LogP contribution in [0.1, 0.15) is 54.9 Å². The van der Waals surface area contributed by atoms with Gasteiger partial charge in [-0.25, -0.2) is 9.97 Å². The minimum atomic E-state index is -4.74. The molecule has 1 atom stereocenters. The first-order valence-electron chi connectivity index (χ1n) is 7.98. The molecule has 7 heteroatoms. The van der Waals surface area contributed by atoms with Crippen LogP contribution >= 0.6 is 0 Å². The number of nitrogens with zero attached hydrogens (tertiary/aromatic N) is 2. The molecule has 1 unspecified atom stereocenters. The molecule has 0 radical (unpaired) electrons. The molecule has 0 saturated carbocycles. The maximum atomic E-state index is 13.0. The lowest BCUT2D eigenvalue weighted by molar-refractivity contribution is -0.141. The number of halogens is 3. The van der Waals surface area contributed by atoms with Crippen LogP contribution in [0.4, 0.5) is 18.9 Å². The molecule has 0 spiro atoms. The second-order valence-electron chi connectivity index (χ2n) is 6.32. The lowest BCUT2D eigenvalue weighted by Crippen LogP contribution is -2.22. The Labute approximate surface area is 144 Å². The Morgan fingerprint density at radius 2 is 1.76 bits per heavy atom. The van der Waals surface area contributed by atoms with E-state index < -0.39 is 23.5 Å². The van der Waals surface area contributed by atoms with Gasteiger partial charge < -0.3 is 5.32 Å². The monoisotopic (exact) mass is 351 g/mol. The molecule has 1 N–H and O–H groups in total. The van der Waals surface area contributed by atoms with Gasteiger partial charge in [0.2, 0.25) is 0 Å². The molecule has 1 aromatic heterocycles. The fourth-order valence-corrected chi connectivity index (χ4v) is 2.77. The summed E-state index contributed by atoms with van der Waals surface area (Å²) in [6.45, 7) is 6.20. The van der Waals surface area contributed by atoms with Crippen molar-refractivity contribution in [1.29, 1.82) is 0 Å². The summed E-state index contributed by atoms with van der Waals surface area (Å²) in [5.74, 6) is -0.319. The molecular formula is C18H20F3N3O. The Balaban J connectivity index is 2.31. The van der Waals surface area contributed by atoms with Crippen LogP contribution in [0.15, 0.2) is 36.7 Å². The summed E-state index contributed by atoms with van der Waals surface area (Å²) in [5, 5.41) is 2.55. The summed E-state index contributed by atoms with van der Waals surface area (Å²) in [7, 11) is 0. The molecule has 0 aliphatic rings. The van der Waals surface area contributed by atoms with Crippen molar-refractivity contribution in [3.63, 3.8) is 0 Å². The standard InChI is InChI=1S/C18H20F3N3O/c1-11(2)10-12(3)13-6-4-5-7-14(13)24-17(25)15-16(18(19,20)21)23-9-8-22-15/h4-9,11-12H,10H2,1-3H3,(H,24,25). The first kappa shape index (κ1) is 18.9. The highest BCUT2D eigenvalue weighted by molar-refractivity contribution is 6.04. The van der Waals surface area contributed by atoms with Crippen molar-refractivity contribution in [2.45, 2.75) is 39.3 Å². The van der Waals surface area contributed by atoms with Gasteiger partial charge in [0.1, 0.15) is 0 Å². The van der Waals surface area contributed by atoms with Crippen molar-refractivity contribution < 1.29 is 18.0 Å². The van der Waals surface area contributed by atoms with Gasteiger partial charge in [-0.1, -0.05) is 39.0 Å². The second-order valence-corrected chi connectivity index (χ2v) is 6.32. The van der Waals surface area contributed by atoms with Crippen molar-refractivity contribution in [3.8, 4) is 0 Å². The number of benzene rings is 1. The number of para-hydroxylation sites is 1. The molecule has 4 nitrogen and oxygen atoms in total. The highest BCUT2D eigenvalue weighted by atomic mass is 19.4. The summed E-state index contributed by atoms with van der Waals surface area (Å²) in [4.78, 5) is 19.2. The molecule has 0 aliphatic heterocycles. The molecule has 25 heavy (non-hydrogen) atoms. The van der Waals surface area contributed by atoms with Crippen molar-refractivity contribution in [2.75, 3.05) is 5.32 Å². The van der Waals surface area contributed by atoms with E-state index in [0.717, 1.165) is 24.4 Å². The van der Waals surface area contributed by atoms with Gasteiger partial charge in [-0.05, 0) is 29.9 Å². The van der Waals surface area contributed by atoms with Crippen LogP contribution in [-0.2, 0) is 6.18 Å². The third kappa shape index (κ3) is 4.78. The van der Waals surface area contributed by atoms with Crippen LogP contribution < -0.4 is 5.32 Å². The van der Waals surface area contributed by atoms with E-state index in [1.807, 2.05) is 19.1 Å². The topological polar surface area (TPSA) is 54.9 Å². The quantitative estimate of drug-likeness (QED) is 0.834. The van der Waals surface area contributed by atoms with Crippen LogP contribution in [0.2, 0.25) is 0 Å². The lowest BCUT2D eigenvalue weighted by atomic mass is 9.91. The first-order chi connectivity index (χ1) is 11.7. The smallest absolute Gasteiger partial charge is 0.320 e. The number of hydrogen-bond donors (Lipinski definition) is 1. The van der Waals surface area contributed by atoms with E-state index in [2.05, 4.69) is 29.1 Å². The van der Waals surface area contributed by atoms with E-state index in [-0.39, 0.29) is 5.92 Å². The normalized spacial score (nSPS) is 12.9. The van der Waals surface area contributed by atoms with Gasteiger partial charge in [-0.2, -0.15) is 13.2 Å². The summed E-state index contributed by atoms with van der Waals surface area (Å²) in [5.41, 5.74) is -0.664. The molecule has 2 rings (SSSR count). The Morgan fingerprint density at radius 1 is 1.12 bits per heavy atom. The van der Waals surface area contributed by atoms with E-state index in [1.165, 1.54) is 0 Å². The fourth-order valence-electron chi connectivity index (χ4n) is 2.77. The maximum absolute atomic E-state index is 13.0. The van der Waals surface area contributed by atoms with Crippen LogP contribution in [0.25, 0.3) is 0 Å². The minimum Gasteiger partial charge on any atom is -0.320 e. The van der Waals surface area contributed by atoms with Crippen LogP contribution in [-0.4, -0.2) is 15.9 Å². The number of aromatic nitrogens is 2. The molecule has 1 amide bonds. The van der Waals surface area contributed by atoms with Crippen molar-refractivity contribution in [1.82, 2.24) is 9.97 Å². The molecule has 0 fully saturated rings. The van der Waals surface area contributed by atoms with Crippen LogP contribution in [0.3, 0.4) is 0 Å². The summed E-state index contributed by atoms with van der Waals surface area (Å²) < 4.78 is 39.0. The van der Waals surface area contributed by atoms with Crippen LogP contribution in [0, 0.1) is 5.92 Å². The summed E-state index contributed by atoms with van der Waals surface area (Å²) in [6, 6.07) is 7.10. The lowest BCUT2D eigenvalue weighted by Gasteiger charge is -2.19. The number of nitrogens with one attached hydrogen (secondary N) is 1. The Bertz CT molecular complexity index is 744. The highest BCUT2D eigenvalue weighted by Crippen LogP contribution is 2.31. The molecule has 0 saturated heterocycles. The van der Waals surface area contributed by atoms with Gasteiger partial charge in [0, 0.05) is 18.1 Å². The molecule has 134 valence electrons. The average molecular weight is 351 g/mol.